The van der Waals surface area contributed by atoms with Gasteiger partial charge in [0.15, 0.2) is 10.7 Å². The minimum atomic E-state index is -3.97. The van der Waals surface area contributed by atoms with Crippen molar-refractivity contribution >= 4 is 10.0 Å². The third-order valence-corrected chi connectivity index (χ3v) is 6.10. The molecule has 0 amide bonds. The smallest absolute Gasteiger partial charge is 0.288 e. The van der Waals surface area contributed by atoms with Gasteiger partial charge in [0.1, 0.15) is 5.69 Å². The molecule has 4 rings (SSSR count). The lowest BCUT2D eigenvalue weighted by Gasteiger charge is -2.08. The lowest BCUT2D eigenvalue weighted by molar-refractivity contribution is 0.390. The summed E-state index contributed by atoms with van der Waals surface area (Å²) in [6, 6.07) is 20.5. The van der Waals surface area contributed by atoms with Crippen molar-refractivity contribution in [3.63, 3.8) is 0 Å². The van der Waals surface area contributed by atoms with E-state index in [1.54, 1.807) is 19.9 Å². The highest BCUT2D eigenvalue weighted by Gasteiger charge is 2.30. The molecule has 27 heavy (non-hydrogen) atoms. The molecular formula is C20H17N3O3S. The number of rotatable bonds is 4. The van der Waals surface area contributed by atoms with Gasteiger partial charge in [-0.1, -0.05) is 65.8 Å². The van der Waals surface area contributed by atoms with Gasteiger partial charge in [-0.25, -0.2) is 0 Å². The molecule has 0 spiro atoms. The number of aryl methyl sites for hydroxylation is 2. The van der Waals surface area contributed by atoms with Crippen LogP contribution in [0.4, 0.5) is 0 Å². The standard InChI is InChI=1S/C20H17N3O3S/c1-14-20(15(2)26-22-14)27(24,25)23-19(17-11-7-4-8-12-17)13-18(21-23)16-9-5-3-6-10-16/h3-13H,1-2H3. The van der Waals surface area contributed by atoms with Crippen LogP contribution in [0.3, 0.4) is 0 Å². The molecule has 0 bridgehead atoms. The van der Waals surface area contributed by atoms with E-state index in [0.29, 0.717) is 17.1 Å². The van der Waals surface area contributed by atoms with Gasteiger partial charge in [0.25, 0.3) is 10.0 Å². The van der Waals surface area contributed by atoms with Gasteiger partial charge < -0.3 is 4.52 Å². The molecule has 7 heteroatoms. The fourth-order valence-electron chi connectivity index (χ4n) is 3.03. The second-order valence-corrected chi connectivity index (χ2v) is 7.85. The minimum absolute atomic E-state index is 0.0439. The molecule has 0 fully saturated rings. The Morgan fingerprint density at radius 2 is 1.48 bits per heavy atom. The van der Waals surface area contributed by atoms with Crippen LogP contribution in [0.15, 0.2) is 76.1 Å². The molecule has 6 nitrogen and oxygen atoms in total. The zero-order chi connectivity index (χ0) is 19.0. The molecule has 0 unspecified atom stereocenters. The van der Waals surface area contributed by atoms with E-state index >= 15 is 0 Å². The van der Waals surface area contributed by atoms with Gasteiger partial charge in [-0.2, -0.15) is 17.6 Å². The van der Waals surface area contributed by atoms with E-state index in [-0.39, 0.29) is 10.7 Å². The van der Waals surface area contributed by atoms with Crippen molar-refractivity contribution in [2.75, 3.05) is 0 Å². The number of aromatic nitrogens is 3. The molecule has 0 N–H and O–H groups in total. The molecule has 136 valence electrons. The molecule has 2 heterocycles. The summed E-state index contributed by atoms with van der Waals surface area (Å²) in [4.78, 5) is 0.0439. The third-order valence-electron chi connectivity index (χ3n) is 4.27. The summed E-state index contributed by atoms with van der Waals surface area (Å²) in [5, 5.41) is 8.21. The van der Waals surface area contributed by atoms with Crippen LogP contribution in [0, 0.1) is 13.8 Å². The fourth-order valence-corrected chi connectivity index (χ4v) is 4.63. The lowest BCUT2D eigenvalue weighted by atomic mass is 10.1. The SMILES string of the molecule is Cc1noc(C)c1S(=O)(=O)n1nc(-c2ccccc2)cc1-c1ccccc1. The van der Waals surface area contributed by atoms with Gasteiger partial charge >= 0.3 is 0 Å². The average Bonchev–Trinajstić information content (AvgIpc) is 3.28. The van der Waals surface area contributed by atoms with E-state index < -0.39 is 10.0 Å². The summed E-state index contributed by atoms with van der Waals surface area (Å²) in [5.41, 5.74) is 2.95. The maximum Gasteiger partial charge on any atom is 0.288 e. The first kappa shape index (κ1) is 17.2. The Kier molecular flexibility index (Phi) is 4.16. The molecular weight excluding hydrogens is 362 g/mol. The normalized spacial score (nSPS) is 11.6. The molecule has 0 aliphatic rings. The number of nitrogens with zero attached hydrogens (tertiary/aromatic N) is 3. The van der Waals surface area contributed by atoms with Crippen molar-refractivity contribution < 1.29 is 12.9 Å². The van der Waals surface area contributed by atoms with Crippen LogP contribution in [0.1, 0.15) is 11.5 Å². The first-order valence-electron chi connectivity index (χ1n) is 8.38. The van der Waals surface area contributed by atoms with Gasteiger partial charge in [0, 0.05) is 11.1 Å². The summed E-state index contributed by atoms with van der Waals surface area (Å²) in [6.45, 7) is 3.18. The summed E-state index contributed by atoms with van der Waals surface area (Å²) < 4.78 is 32.9. The maximum atomic E-state index is 13.4. The molecule has 4 aromatic rings. The summed E-state index contributed by atoms with van der Waals surface area (Å²) in [7, 11) is -3.97. The van der Waals surface area contributed by atoms with Gasteiger partial charge in [-0.15, -0.1) is 0 Å². The van der Waals surface area contributed by atoms with Crippen LogP contribution in [-0.4, -0.2) is 22.8 Å². The number of hydrogen-bond acceptors (Lipinski definition) is 5. The van der Waals surface area contributed by atoms with Crippen LogP contribution in [-0.2, 0) is 10.0 Å². The molecule has 0 saturated carbocycles. The highest BCUT2D eigenvalue weighted by atomic mass is 32.2. The quantitative estimate of drug-likeness (QED) is 0.534. The van der Waals surface area contributed by atoms with Crippen molar-refractivity contribution in [2.24, 2.45) is 0 Å². The molecule has 0 aliphatic heterocycles. The average molecular weight is 379 g/mol. The fraction of sp³-hybridized carbons (Fsp3) is 0.100. The Labute approximate surface area is 157 Å². The Morgan fingerprint density at radius 3 is 2.04 bits per heavy atom. The van der Waals surface area contributed by atoms with E-state index in [1.165, 1.54) is 0 Å². The Balaban J connectivity index is 1.98. The molecule has 0 aliphatic carbocycles. The second-order valence-electron chi connectivity index (χ2n) is 6.15. The molecule has 2 aromatic heterocycles. The summed E-state index contributed by atoms with van der Waals surface area (Å²) in [5.74, 6) is 0.239. The summed E-state index contributed by atoms with van der Waals surface area (Å²) >= 11 is 0. The van der Waals surface area contributed by atoms with Crippen LogP contribution in [0.2, 0.25) is 0 Å². The van der Waals surface area contributed by atoms with Gasteiger partial charge in [-0.3, -0.25) is 0 Å². The van der Waals surface area contributed by atoms with Crippen molar-refractivity contribution in [3.05, 3.63) is 78.2 Å². The maximum absolute atomic E-state index is 13.4. The van der Waals surface area contributed by atoms with Gasteiger partial charge in [0.2, 0.25) is 0 Å². The highest BCUT2D eigenvalue weighted by Crippen LogP contribution is 2.31. The second kappa shape index (κ2) is 6.51. The topological polar surface area (TPSA) is 78.0 Å². The van der Waals surface area contributed by atoms with E-state index in [9.17, 15) is 8.42 Å². The van der Waals surface area contributed by atoms with Crippen LogP contribution < -0.4 is 0 Å². The molecule has 0 atom stereocenters. The summed E-state index contributed by atoms with van der Waals surface area (Å²) in [6.07, 6.45) is 0. The van der Waals surface area contributed by atoms with Crippen molar-refractivity contribution in [2.45, 2.75) is 18.7 Å². The van der Waals surface area contributed by atoms with Crippen molar-refractivity contribution in [1.82, 2.24) is 14.3 Å². The van der Waals surface area contributed by atoms with Crippen LogP contribution >= 0.6 is 0 Å². The van der Waals surface area contributed by atoms with Crippen LogP contribution in [0.25, 0.3) is 22.5 Å². The predicted octanol–water partition coefficient (Wildman–Crippen LogP) is 4.06. The number of hydrogen-bond donors (Lipinski definition) is 0. The third kappa shape index (κ3) is 2.96. The Hall–Kier alpha value is -3.19. The lowest BCUT2D eigenvalue weighted by Crippen LogP contribution is -2.17. The van der Waals surface area contributed by atoms with E-state index in [4.69, 9.17) is 4.52 Å². The number of benzene rings is 2. The largest absolute Gasteiger partial charge is 0.360 e. The minimum Gasteiger partial charge on any atom is -0.360 e. The first-order valence-corrected chi connectivity index (χ1v) is 9.82. The zero-order valence-corrected chi connectivity index (χ0v) is 15.6. The van der Waals surface area contributed by atoms with E-state index in [2.05, 4.69) is 10.3 Å². The Bertz CT molecular complexity index is 1170. The molecule has 2 aromatic carbocycles. The van der Waals surface area contributed by atoms with E-state index in [1.807, 2.05) is 60.7 Å². The van der Waals surface area contributed by atoms with E-state index in [0.717, 1.165) is 15.2 Å². The highest BCUT2D eigenvalue weighted by molar-refractivity contribution is 7.90. The monoisotopic (exact) mass is 379 g/mol. The van der Waals surface area contributed by atoms with Crippen molar-refractivity contribution in [1.29, 1.82) is 0 Å². The Morgan fingerprint density at radius 1 is 0.889 bits per heavy atom. The molecule has 0 saturated heterocycles. The molecule has 0 radical (unpaired) electrons. The van der Waals surface area contributed by atoms with Crippen LogP contribution in [0.5, 0.6) is 0 Å². The van der Waals surface area contributed by atoms with Crippen molar-refractivity contribution in [3.8, 4) is 22.5 Å². The van der Waals surface area contributed by atoms with Gasteiger partial charge in [-0.05, 0) is 19.9 Å². The predicted molar refractivity (Wildman–Crippen MR) is 102 cm³/mol. The first-order chi connectivity index (χ1) is 13.0. The van der Waals surface area contributed by atoms with Gasteiger partial charge in [0.05, 0.1) is 11.4 Å². The zero-order valence-electron chi connectivity index (χ0n) is 14.8.